The third-order valence-electron chi connectivity index (χ3n) is 6.51. The van der Waals surface area contributed by atoms with Crippen LogP contribution in [-0.2, 0) is 10.2 Å². The molecule has 1 aliphatic heterocycles. The van der Waals surface area contributed by atoms with Gasteiger partial charge in [-0.3, -0.25) is 4.79 Å². The third-order valence-corrected chi connectivity index (χ3v) is 6.51. The summed E-state index contributed by atoms with van der Waals surface area (Å²) < 4.78 is 0. The summed E-state index contributed by atoms with van der Waals surface area (Å²) in [6.45, 7) is 9.50. The van der Waals surface area contributed by atoms with Gasteiger partial charge in [-0.15, -0.1) is 0 Å². The van der Waals surface area contributed by atoms with Crippen LogP contribution in [0, 0.1) is 11.3 Å². The molecule has 0 aromatic heterocycles. The van der Waals surface area contributed by atoms with Gasteiger partial charge in [-0.2, -0.15) is 0 Å². The monoisotopic (exact) mass is 343 g/mol. The van der Waals surface area contributed by atoms with E-state index in [4.69, 9.17) is 0 Å². The van der Waals surface area contributed by atoms with E-state index in [1.807, 2.05) is 11.8 Å². The molecule has 138 valence electrons. The maximum atomic E-state index is 13.2. The predicted molar refractivity (Wildman–Crippen MR) is 103 cm³/mol. The van der Waals surface area contributed by atoms with Gasteiger partial charge < -0.3 is 10.0 Å². The van der Waals surface area contributed by atoms with Gasteiger partial charge in [0, 0.05) is 12.2 Å². The first-order chi connectivity index (χ1) is 11.8. The van der Waals surface area contributed by atoms with Gasteiger partial charge >= 0.3 is 0 Å². The second-order valence-electron chi connectivity index (χ2n) is 9.10. The highest BCUT2D eigenvalue weighted by molar-refractivity contribution is 6.00. The van der Waals surface area contributed by atoms with Crippen LogP contribution in [0.15, 0.2) is 24.3 Å². The smallest absolute Gasteiger partial charge is 0.233 e. The van der Waals surface area contributed by atoms with E-state index in [1.165, 1.54) is 5.56 Å². The summed E-state index contributed by atoms with van der Waals surface area (Å²) in [4.78, 5) is 15.2. The first kappa shape index (κ1) is 18.4. The number of carbonyl (C=O) groups is 1. The van der Waals surface area contributed by atoms with E-state index in [9.17, 15) is 9.90 Å². The zero-order valence-electron chi connectivity index (χ0n) is 16.2. The quantitative estimate of drug-likeness (QED) is 0.866. The highest BCUT2D eigenvalue weighted by atomic mass is 16.3. The molecule has 1 amide bonds. The number of aliphatic hydroxyl groups is 1. The molecule has 0 radical (unpaired) electrons. The summed E-state index contributed by atoms with van der Waals surface area (Å²) in [5.74, 6) is 0.684. The van der Waals surface area contributed by atoms with Crippen molar-refractivity contribution >= 4 is 11.6 Å². The topological polar surface area (TPSA) is 40.5 Å². The number of hydrogen-bond donors (Lipinski definition) is 1. The van der Waals surface area contributed by atoms with E-state index in [0.29, 0.717) is 11.8 Å². The molecule has 2 aliphatic rings. The van der Waals surface area contributed by atoms with Gasteiger partial charge in [0.15, 0.2) is 0 Å². The van der Waals surface area contributed by atoms with E-state index in [2.05, 4.69) is 45.0 Å². The highest BCUT2D eigenvalue weighted by Crippen LogP contribution is 2.48. The second-order valence-corrected chi connectivity index (χ2v) is 9.10. The average Bonchev–Trinajstić information content (AvgIpc) is 2.91. The van der Waals surface area contributed by atoms with E-state index in [0.717, 1.165) is 50.8 Å². The van der Waals surface area contributed by atoms with Crippen LogP contribution < -0.4 is 4.90 Å². The van der Waals surface area contributed by atoms with Crippen LogP contribution in [0.1, 0.15) is 71.8 Å². The van der Waals surface area contributed by atoms with Crippen molar-refractivity contribution in [2.45, 2.75) is 77.7 Å². The van der Waals surface area contributed by atoms with Gasteiger partial charge in [-0.1, -0.05) is 39.8 Å². The van der Waals surface area contributed by atoms with Crippen molar-refractivity contribution in [1.29, 1.82) is 0 Å². The van der Waals surface area contributed by atoms with Gasteiger partial charge in [0.05, 0.1) is 11.5 Å². The SMILES string of the molecule is CC[C@H](O)C1CCC2(CC1)CCN(c1ccc(C(C)(C)C)cc1)C2=O. The number of carbonyl (C=O) groups excluding carboxylic acids is 1. The van der Waals surface area contributed by atoms with Crippen LogP contribution in [0.2, 0.25) is 0 Å². The molecule has 3 rings (SSSR count). The minimum Gasteiger partial charge on any atom is -0.393 e. The maximum absolute atomic E-state index is 13.2. The summed E-state index contributed by atoms with van der Waals surface area (Å²) in [5, 5.41) is 10.1. The molecular weight excluding hydrogens is 310 g/mol. The van der Waals surface area contributed by atoms with Crippen LogP contribution in [0.25, 0.3) is 0 Å². The number of nitrogens with zero attached hydrogens (tertiary/aromatic N) is 1. The molecule has 1 heterocycles. The van der Waals surface area contributed by atoms with Crippen molar-refractivity contribution in [2.24, 2.45) is 11.3 Å². The largest absolute Gasteiger partial charge is 0.393 e. The molecule has 3 nitrogen and oxygen atoms in total. The molecule has 0 unspecified atom stereocenters. The molecule has 3 heteroatoms. The molecule has 1 spiro atoms. The lowest BCUT2D eigenvalue weighted by molar-refractivity contribution is -0.128. The Morgan fingerprint density at radius 3 is 2.28 bits per heavy atom. The molecule has 1 saturated heterocycles. The minimum atomic E-state index is -0.199. The Hall–Kier alpha value is -1.35. The number of aliphatic hydroxyl groups excluding tert-OH is 1. The molecule has 1 N–H and O–H groups in total. The molecule has 0 bridgehead atoms. The van der Waals surface area contributed by atoms with Crippen molar-refractivity contribution in [2.75, 3.05) is 11.4 Å². The van der Waals surface area contributed by atoms with E-state index in [1.54, 1.807) is 0 Å². The predicted octanol–water partition coefficient (Wildman–Crippen LogP) is 4.67. The van der Waals surface area contributed by atoms with Gasteiger partial charge in [0.1, 0.15) is 0 Å². The molecule has 1 aromatic carbocycles. The summed E-state index contributed by atoms with van der Waals surface area (Å²) in [6.07, 6.45) is 5.41. The lowest BCUT2D eigenvalue weighted by Gasteiger charge is -2.37. The Morgan fingerprint density at radius 2 is 1.76 bits per heavy atom. The summed E-state index contributed by atoms with van der Waals surface area (Å²) in [7, 11) is 0. The Balaban J connectivity index is 1.70. The molecular formula is C22H33NO2. The van der Waals surface area contributed by atoms with Gasteiger partial charge in [-0.25, -0.2) is 0 Å². The standard InChI is InChI=1S/C22H33NO2/c1-5-19(24)16-10-12-22(13-11-16)14-15-23(20(22)25)18-8-6-17(7-9-18)21(2,3)4/h6-9,16,19,24H,5,10-15H2,1-4H3/t16?,19-,22?/m0/s1. The fourth-order valence-corrected chi connectivity index (χ4v) is 4.58. The van der Waals surface area contributed by atoms with Crippen molar-refractivity contribution in [3.63, 3.8) is 0 Å². The molecule has 1 aliphatic carbocycles. The van der Waals surface area contributed by atoms with Crippen LogP contribution in [0.3, 0.4) is 0 Å². The number of anilines is 1. The van der Waals surface area contributed by atoms with Crippen molar-refractivity contribution in [3.05, 3.63) is 29.8 Å². The highest BCUT2D eigenvalue weighted by Gasteiger charge is 2.49. The fraction of sp³-hybridized carbons (Fsp3) is 0.682. The van der Waals surface area contributed by atoms with Crippen molar-refractivity contribution < 1.29 is 9.90 Å². The first-order valence-corrected chi connectivity index (χ1v) is 9.87. The lowest BCUT2D eigenvalue weighted by Crippen LogP contribution is -2.39. The van der Waals surface area contributed by atoms with Gasteiger partial charge in [0.2, 0.25) is 5.91 Å². The van der Waals surface area contributed by atoms with Gasteiger partial charge in [0.25, 0.3) is 0 Å². The molecule has 1 atom stereocenters. The van der Waals surface area contributed by atoms with E-state index >= 15 is 0 Å². The van der Waals surface area contributed by atoms with Crippen molar-refractivity contribution in [3.8, 4) is 0 Å². The minimum absolute atomic E-state index is 0.132. The molecule has 25 heavy (non-hydrogen) atoms. The number of rotatable bonds is 3. The van der Waals surface area contributed by atoms with E-state index in [-0.39, 0.29) is 16.9 Å². The Labute approximate surface area is 152 Å². The fourth-order valence-electron chi connectivity index (χ4n) is 4.58. The Bertz CT molecular complexity index is 606. The molecule has 1 saturated carbocycles. The lowest BCUT2D eigenvalue weighted by atomic mass is 9.68. The molecule has 1 aromatic rings. The number of hydrogen-bond acceptors (Lipinski definition) is 2. The summed E-state index contributed by atoms with van der Waals surface area (Å²) in [6, 6.07) is 8.51. The summed E-state index contributed by atoms with van der Waals surface area (Å²) in [5.41, 5.74) is 2.29. The number of benzene rings is 1. The maximum Gasteiger partial charge on any atom is 0.233 e. The van der Waals surface area contributed by atoms with Crippen molar-refractivity contribution in [1.82, 2.24) is 0 Å². The molecule has 2 fully saturated rings. The Kier molecular flexibility index (Phi) is 4.98. The van der Waals surface area contributed by atoms with Crippen LogP contribution in [0.4, 0.5) is 5.69 Å². The zero-order chi connectivity index (χ0) is 18.2. The first-order valence-electron chi connectivity index (χ1n) is 9.87. The second kappa shape index (κ2) is 6.75. The normalized spacial score (nSPS) is 28.6. The van der Waals surface area contributed by atoms with Crippen LogP contribution in [-0.4, -0.2) is 23.7 Å². The average molecular weight is 344 g/mol. The Morgan fingerprint density at radius 1 is 1.16 bits per heavy atom. The van der Waals surface area contributed by atoms with Crippen LogP contribution in [0.5, 0.6) is 0 Å². The van der Waals surface area contributed by atoms with E-state index < -0.39 is 0 Å². The van der Waals surface area contributed by atoms with Gasteiger partial charge in [-0.05, 0) is 67.6 Å². The number of amides is 1. The zero-order valence-corrected chi connectivity index (χ0v) is 16.2. The van der Waals surface area contributed by atoms with Crippen LogP contribution >= 0.6 is 0 Å². The summed E-state index contributed by atoms with van der Waals surface area (Å²) >= 11 is 0. The third kappa shape index (κ3) is 3.48.